The number of hydrogen-bond donors (Lipinski definition) is 3. The molecule has 1 aromatic heterocycles. The van der Waals surface area contributed by atoms with Crippen LogP contribution in [0.3, 0.4) is 0 Å². The zero-order valence-corrected chi connectivity index (χ0v) is 10.1. The molecule has 0 saturated carbocycles. The lowest BCUT2D eigenvalue weighted by atomic mass is 9.98. The van der Waals surface area contributed by atoms with Crippen LogP contribution in [-0.2, 0) is 7.05 Å². The second-order valence-electron chi connectivity index (χ2n) is 4.84. The van der Waals surface area contributed by atoms with Gasteiger partial charge in [-0.15, -0.1) is 0 Å². The van der Waals surface area contributed by atoms with Crippen LogP contribution in [0.2, 0.25) is 0 Å². The van der Waals surface area contributed by atoms with Gasteiger partial charge in [-0.1, -0.05) is 18.2 Å². The molecular formula is C13H18N4. The summed E-state index contributed by atoms with van der Waals surface area (Å²) in [7, 11) is 2.07. The van der Waals surface area contributed by atoms with Crippen molar-refractivity contribution in [2.75, 3.05) is 0 Å². The van der Waals surface area contributed by atoms with Crippen LogP contribution in [0.5, 0.6) is 0 Å². The monoisotopic (exact) mass is 230 g/mol. The van der Waals surface area contributed by atoms with E-state index in [0.29, 0.717) is 6.04 Å². The normalized spacial score (nSPS) is 29.0. The molecule has 0 radical (unpaired) electrons. The standard InChI is InChI=1S/C13H18N4/c1-8-12(14)13(16-15-8)10-7-17(2)11-6-4-3-5-9(10)11/h3-8,12-13,15-16H,14H2,1-2H3. The van der Waals surface area contributed by atoms with Crippen molar-refractivity contribution < 1.29 is 0 Å². The van der Waals surface area contributed by atoms with Gasteiger partial charge >= 0.3 is 0 Å². The molecule has 1 aliphatic heterocycles. The SMILES string of the molecule is CC1NNC(c2cn(C)c3ccccc23)C1N. The number of para-hydroxylation sites is 1. The number of nitrogens with one attached hydrogen (secondary N) is 2. The van der Waals surface area contributed by atoms with Gasteiger partial charge < -0.3 is 10.3 Å². The van der Waals surface area contributed by atoms with Gasteiger partial charge in [0.05, 0.1) is 6.04 Å². The van der Waals surface area contributed by atoms with Crippen LogP contribution in [0.25, 0.3) is 10.9 Å². The molecule has 0 amide bonds. The van der Waals surface area contributed by atoms with Crippen molar-refractivity contribution in [2.45, 2.75) is 25.0 Å². The first-order valence-corrected chi connectivity index (χ1v) is 5.99. The molecule has 1 fully saturated rings. The maximum absolute atomic E-state index is 6.22. The summed E-state index contributed by atoms with van der Waals surface area (Å²) in [6.45, 7) is 2.10. The molecule has 2 aromatic rings. The second kappa shape index (κ2) is 3.84. The van der Waals surface area contributed by atoms with Crippen LogP contribution in [-0.4, -0.2) is 16.7 Å². The molecule has 0 aliphatic carbocycles. The quantitative estimate of drug-likeness (QED) is 0.686. The molecule has 1 aromatic carbocycles. The summed E-state index contributed by atoms with van der Waals surface area (Å²) in [6.07, 6.45) is 2.17. The number of hydrazine groups is 1. The van der Waals surface area contributed by atoms with Crippen LogP contribution >= 0.6 is 0 Å². The molecular weight excluding hydrogens is 212 g/mol. The Morgan fingerprint density at radius 3 is 2.71 bits per heavy atom. The van der Waals surface area contributed by atoms with Crippen molar-refractivity contribution in [1.29, 1.82) is 0 Å². The Labute approximate surface area is 101 Å². The van der Waals surface area contributed by atoms with Crippen LogP contribution in [0.15, 0.2) is 30.5 Å². The summed E-state index contributed by atoms with van der Waals surface area (Å²) in [4.78, 5) is 0. The zero-order valence-electron chi connectivity index (χ0n) is 10.1. The lowest BCUT2D eigenvalue weighted by Crippen LogP contribution is -2.35. The van der Waals surface area contributed by atoms with Crippen molar-refractivity contribution in [3.63, 3.8) is 0 Å². The summed E-state index contributed by atoms with van der Waals surface area (Å²) in [5.41, 5.74) is 15.2. The average molecular weight is 230 g/mol. The smallest absolute Gasteiger partial charge is 0.0650 e. The first kappa shape index (κ1) is 10.8. The maximum Gasteiger partial charge on any atom is 0.0650 e. The Balaban J connectivity index is 2.12. The average Bonchev–Trinajstić information content (AvgIpc) is 2.83. The van der Waals surface area contributed by atoms with Crippen molar-refractivity contribution in [3.8, 4) is 0 Å². The molecule has 2 heterocycles. The van der Waals surface area contributed by atoms with Crippen LogP contribution in [0, 0.1) is 0 Å². The summed E-state index contributed by atoms with van der Waals surface area (Å²) in [5.74, 6) is 0. The molecule has 0 spiro atoms. The lowest BCUT2D eigenvalue weighted by Gasteiger charge is -2.15. The van der Waals surface area contributed by atoms with Crippen molar-refractivity contribution >= 4 is 10.9 Å². The summed E-state index contributed by atoms with van der Waals surface area (Å²) < 4.78 is 2.15. The molecule has 17 heavy (non-hydrogen) atoms. The molecule has 4 heteroatoms. The van der Waals surface area contributed by atoms with Gasteiger partial charge in [-0.25, -0.2) is 5.43 Å². The number of fused-ring (bicyclic) bond motifs is 1. The number of rotatable bonds is 1. The molecule has 3 unspecified atom stereocenters. The molecule has 4 nitrogen and oxygen atoms in total. The fourth-order valence-electron chi connectivity index (χ4n) is 2.61. The molecule has 4 N–H and O–H groups in total. The highest BCUT2D eigenvalue weighted by Gasteiger charge is 2.32. The Kier molecular flexibility index (Phi) is 2.43. The van der Waals surface area contributed by atoms with E-state index in [1.54, 1.807) is 0 Å². The van der Waals surface area contributed by atoms with E-state index in [2.05, 4.69) is 59.9 Å². The Bertz CT molecular complexity index is 545. The number of aryl methyl sites for hydroxylation is 1. The largest absolute Gasteiger partial charge is 0.350 e. The van der Waals surface area contributed by atoms with Crippen LogP contribution < -0.4 is 16.6 Å². The minimum Gasteiger partial charge on any atom is -0.350 e. The van der Waals surface area contributed by atoms with Gasteiger partial charge in [-0.05, 0) is 18.6 Å². The predicted molar refractivity (Wildman–Crippen MR) is 69.4 cm³/mol. The third-order valence-corrected chi connectivity index (χ3v) is 3.69. The molecule has 0 bridgehead atoms. The van der Waals surface area contributed by atoms with Gasteiger partial charge in [-0.3, -0.25) is 5.43 Å². The zero-order chi connectivity index (χ0) is 12.0. The van der Waals surface area contributed by atoms with E-state index >= 15 is 0 Å². The van der Waals surface area contributed by atoms with E-state index in [4.69, 9.17) is 5.73 Å². The van der Waals surface area contributed by atoms with E-state index < -0.39 is 0 Å². The molecule has 3 atom stereocenters. The van der Waals surface area contributed by atoms with Gasteiger partial charge in [0.2, 0.25) is 0 Å². The first-order chi connectivity index (χ1) is 8.18. The van der Waals surface area contributed by atoms with Gasteiger partial charge in [0.25, 0.3) is 0 Å². The predicted octanol–water partition coefficient (Wildman–Crippen LogP) is 1.04. The minimum atomic E-state index is 0.0980. The third-order valence-electron chi connectivity index (χ3n) is 3.69. The molecule has 1 saturated heterocycles. The van der Waals surface area contributed by atoms with Crippen LogP contribution in [0.1, 0.15) is 18.5 Å². The maximum atomic E-state index is 6.22. The second-order valence-corrected chi connectivity index (χ2v) is 4.84. The summed E-state index contributed by atoms with van der Waals surface area (Å²) >= 11 is 0. The van der Waals surface area contributed by atoms with Gasteiger partial charge in [-0.2, -0.15) is 0 Å². The van der Waals surface area contributed by atoms with Crippen LogP contribution in [0.4, 0.5) is 0 Å². The van der Waals surface area contributed by atoms with Gasteiger partial charge in [0.15, 0.2) is 0 Å². The Morgan fingerprint density at radius 2 is 2.00 bits per heavy atom. The fourth-order valence-corrected chi connectivity index (χ4v) is 2.61. The lowest BCUT2D eigenvalue weighted by molar-refractivity contribution is 0.552. The molecule has 90 valence electrons. The van der Waals surface area contributed by atoms with E-state index in [0.717, 1.165) is 0 Å². The fraction of sp³-hybridized carbons (Fsp3) is 0.385. The van der Waals surface area contributed by atoms with E-state index in [-0.39, 0.29) is 12.1 Å². The minimum absolute atomic E-state index is 0.0980. The number of hydrogen-bond acceptors (Lipinski definition) is 3. The first-order valence-electron chi connectivity index (χ1n) is 5.99. The highest BCUT2D eigenvalue weighted by Crippen LogP contribution is 2.29. The number of aromatic nitrogens is 1. The van der Waals surface area contributed by atoms with E-state index in [1.807, 2.05) is 0 Å². The summed E-state index contributed by atoms with van der Waals surface area (Å²) in [5, 5.41) is 1.28. The third kappa shape index (κ3) is 1.57. The van der Waals surface area contributed by atoms with Gasteiger partial charge in [0, 0.05) is 36.2 Å². The molecule has 1 aliphatic rings. The molecule has 3 rings (SSSR count). The highest BCUT2D eigenvalue weighted by molar-refractivity contribution is 5.84. The van der Waals surface area contributed by atoms with Crippen molar-refractivity contribution in [1.82, 2.24) is 15.4 Å². The highest BCUT2D eigenvalue weighted by atomic mass is 15.4. The van der Waals surface area contributed by atoms with Crippen molar-refractivity contribution in [2.24, 2.45) is 12.8 Å². The Hall–Kier alpha value is -1.36. The number of nitrogens with two attached hydrogens (primary N) is 1. The van der Waals surface area contributed by atoms with E-state index in [9.17, 15) is 0 Å². The van der Waals surface area contributed by atoms with Crippen molar-refractivity contribution in [3.05, 3.63) is 36.0 Å². The van der Waals surface area contributed by atoms with Gasteiger partial charge in [0.1, 0.15) is 0 Å². The number of nitrogens with zero attached hydrogens (tertiary/aromatic N) is 1. The topological polar surface area (TPSA) is 55.0 Å². The van der Waals surface area contributed by atoms with E-state index in [1.165, 1.54) is 16.5 Å². The number of benzene rings is 1. The summed E-state index contributed by atoms with van der Waals surface area (Å²) in [6, 6.07) is 8.99. The Morgan fingerprint density at radius 1 is 1.24 bits per heavy atom.